The zero-order chi connectivity index (χ0) is 15.3. The molecular weight excluding hydrogens is 293 g/mol. The molecule has 0 radical (unpaired) electrons. The van der Waals surface area contributed by atoms with Crippen LogP contribution in [0.5, 0.6) is 5.75 Å². The van der Waals surface area contributed by atoms with Crippen molar-refractivity contribution >= 4 is 10.0 Å². The Morgan fingerprint density at radius 3 is 2.57 bits per heavy atom. The molecule has 1 saturated carbocycles. The van der Waals surface area contributed by atoms with Crippen LogP contribution in [0.4, 0.5) is 4.39 Å². The van der Waals surface area contributed by atoms with Crippen LogP contribution in [0.25, 0.3) is 0 Å². The van der Waals surface area contributed by atoms with Crippen LogP contribution in [0.3, 0.4) is 0 Å². The van der Waals surface area contributed by atoms with Crippen molar-refractivity contribution in [1.82, 2.24) is 4.72 Å². The van der Waals surface area contributed by atoms with Gasteiger partial charge in [-0.3, -0.25) is 0 Å². The molecule has 1 fully saturated rings. The van der Waals surface area contributed by atoms with E-state index in [9.17, 15) is 12.8 Å². The molecule has 21 heavy (non-hydrogen) atoms. The molecule has 0 bridgehead atoms. The van der Waals surface area contributed by atoms with Gasteiger partial charge in [0.15, 0.2) is 0 Å². The molecule has 118 valence electrons. The molecule has 1 aliphatic carbocycles. The molecular formula is C15H22FNO3S. The minimum absolute atomic E-state index is 0.0656. The van der Waals surface area contributed by atoms with Crippen molar-refractivity contribution in [3.63, 3.8) is 0 Å². The first-order valence-corrected chi connectivity index (χ1v) is 9.04. The fourth-order valence-electron chi connectivity index (χ4n) is 2.61. The summed E-state index contributed by atoms with van der Waals surface area (Å²) in [7, 11) is -3.20. The summed E-state index contributed by atoms with van der Waals surface area (Å²) in [6.07, 6.45) is 3.90. The first-order chi connectivity index (χ1) is 10.00. The molecule has 0 heterocycles. The number of hydrogen-bond donors (Lipinski definition) is 1. The van der Waals surface area contributed by atoms with Crippen LogP contribution in [0.1, 0.15) is 32.6 Å². The number of nitrogens with one attached hydrogen (secondary N) is 1. The van der Waals surface area contributed by atoms with Crippen LogP contribution in [-0.4, -0.2) is 26.8 Å². The van der Waals surface area contributed by atoms with Crippen molar-refractivity contribution in [2.24, 2.45) is 5.92 Å². The molecule has 1 aliphatic rings. The number of benzene rings is 1. The lowest BCUT2D eigenvalue weighted by atomic mass is 9.86. The Bertz CT molecular complexity index is 545. The van der Waals surface area contributed by atoms with E-state index in [0.29, 0.717) is 12.4 Å². The Balaban J connectivity index is 1.94. The predicted octanol–water partition coefficient (Wildman–Crippen LogP) is 2.70. The van der Waals surface area contributed by atoms with Crippen molar-refractivity contribution in [3.05, 3.63) is 30.1 Å². The van der Waals surface area contributed by atoms with Gasteiger partial charge in [-0.1, -0.05) is 12.8 Å². The Morgan fingerprint density at radius 1 is 1.24 bits per heavy atom. The van der Waals surface area contributed by atoms with Gasteiger partial charge in [0.2, 0.25) is 10.0 Å². The summed E-state index contributed by atoms with van der Waals surface area (Å²) < 4.78 is 44.7. The minimum atomic E-state index is -3.20. The maximum Gasteiger partial charge on any atom is 0.211 e. The van der Waals surface area contributed by atoms with E-state index in [2.05, 4.69) is 4.72 Å². The van der Waals surface area contributed by atoms with Crippen LogP contribution in [-0.2, 0) is 10.0 Å². The summed E-state index contributed by atoms with van der Waals surface area (Å²) in [5.74, 6) is 0.562. The molecule has 4 nitrogen and oxygen atoms in total. The zero-order valence-corrected chi connectivity index (χ0v) is 13.0. The molecule has 1 aromatic rings. The van der Waals surface area contributed by atoms with E-state index in [0.717, 1.165) is 25.7 Å². The number of halogens is 1. The topological polar surface area (TPSA) is 55.4 Å². The van der Waals surface area contributed by atoms with E-state index >= 15 is 0 Å². The van der Waals surface area contributed by atoms with Gasteiger partial charge in [0.25, 0.3) is 0 Å². The molecule has 2 atom stereocenters. The second-order valence-electron chi connectivity index (χ2n) is 5.44. The molecule has 0 unspecified atom stereocenters. The van der Waals surface area contributed by atoms with Crippen molar-refractivity contribution in [2.45, 2.75) is 38.6 Å². The molecule has 6 heteroatoms. The highest BCUT2D eigenvalue weighted by atomic mass is 32.2. The monoisotopic (exact) mass is 315 g/mol. The maximum atomic E-state index is 12.8. The van der Waals surface area contributed by atoms with Gasteiger partial charge in [-0.15, -0.1) is 0 Å². The van der Waals surface area contributed by atoms with Crippen molar-refractivity contribution < 1.29 is 17.5 Å². The maximum absolute atomic E-state index is 12.8. The molecule has 0 saturated heterocycles. The van der Waals surface area contributed by atoms with Gasteiger partial charge >= 0.3 is 0 Å². The lowest BCUT2D eigenvalue weighted by Gasteiger charge is -2.31. The zero-order valence-electron chi connectivity index (χ0n) is 12.2. The fraction of sp³-hybridized carbons (Fsp3) is 0.600. The number of ether oxygens (including phenoxy) is 1. The Kier molecular flexibility index (Phi) is 5.58. The van der Waals surface area contributed by atoms with E-state index in [1.54, 1.807) is 19.1 Å². The van der Waals surface area contributed by atoms with Crippen molar-refractivity contribution in [3.8, 4) is 5.75 Å². The average molecular weight is 315 g/mol. The summed E-state index contributed by atoms with van der Waals surface area (Å²) in [5, 5.41) is 0. The van der Waals surface area contributed by atoms with Gasteiger partial charge in [-0.2, -0.15) is 0 Å². The molecule has 0 spiro atoms. The first-order valence-electron chi connectivity index (χ1n) is 7.38. The molecule has 1 aromatic carbocycles. The minimum Gasteiger partial charge on any atom is -0.493 e. The fourth-order valence-corrected chi connectivity index (χ4v) is 3.55. The van der Waals surface area contributed by atoms with Crippen molar-refractivity contribution in [1.29, 1.82) is 0 Å². The normalized spacial score (nSPS) is 23.0. The molecule has 0 aliphatic heterocycles. The van der Waals surface area contributed by atoms with E-state index < -0.39 is 10.0 Å². The molecule has 0 amide bonds. The lowest BCUT2D eigenvalue weighted by Crippen LogP contribution is -2.44. The third-order valence-corrected chi connectivity index (χ3v) is 5.32. The number of sulfonamides is 1. The second kappa shape index (κ2) is 7.22. The molecule has 1 N–H and O–H groups in total. The van der Waals surface area contributed by atoms with E-state index in [-0.39, 0.29) is 23.5 Å². The van der Waals surface area contributed by atoms with Crippen LogP contribution in [0, 0.1) is 11.7 Å². The van der Waals surface area contributed by atoms with Crippen LogP contribution in [0.15, 0.2) is 24.3 Å². The number of rotatable bonds is 6. The highest BCUT2D eigenvalue weighted by molar-refractivity contribution is 7.89. The predicted molar refractivity (Wildman–Crippen MR) is 80.2 cm³/mol. The summed E-state index contributed by atoms with van der Waals surface area (Å²) in [6.45, 7) is 2.08. The van der Waals surface area contributed by atoms with Gasteiger partial charge in [0, 0.05) is 12.0 Å². The van der Waals surface area contributed by atoms with Crippen LogP contribution < -0.4 is 9.46 Å². The summed E-state index contributed by atoms with van der Waals surface area (Å²) in [5.41, 5.74) is 0. The van der Waals surface area contributed by atoms with Crippen LogP contribution >= 0.6 is 0 Å². The van der Waals surface area contributed by atoms with Gasteiger partial charge < -0.3 is 4.74 Å². The van der Waals surface area contributed by atoms with Crippen molar-refractivity contribution in [2.75, 3.05) is 12.4 Å². The highest BCUT2D eigenvalue weighted by Gasteiger charge is 2.28. The lowest BCUT2D eigenvalue weighted by molar-refractivity contribution is 0.180. The summed E-state index contributed by atoms with van der Waals surface area (Å²) in [4.78, 5) is 0. The molecule has 0 aromatic heterocycles. The van der Waals surface area contributed by atoms with Crippen LogP contribution in [0.2, 0.25) is 0 Å². The standard InChI is InChI=1S/C15H22FNO3S/c1-2-21(18,19)17-15-6-4-3-5-12(15)11-20-14-9-7-13(16)8-10-14/h7-10,12,15,17H,2-6,11H2,1H3/t12-,15+/m1/s1. The van der Waals surface area contributed by atoms with Gasteiger partial charge in [-0.05, 0) is 44.0 Å². The number of hydrogen-bond acceptors (Lipinski definition) is 3. The Labute approximate surface area is 125 Å². The molecule has 2 rings (SSSR count). The second-order valence-corrected chi connectivity index (χ2v) is 7.48. The first kappa shape index (κ1) is 16.2. The third kappa shape index (κ3) is 4.97. The third-order valence-electron chi connectivity index (χ3n) is 3.90. The summed E-state index contributed by atoms with van der Waals surface area (Å²) >= 11 is 0. The van der Waals surface area contributed by atoms with Gasteiger partial charge in [-0.25, -0.2) is 17.5 Å². The smallest absolute Gasteiger partial charge is 0.211 e. The van der Waals surface area contributed by atoms with E-state index in [1.165, 1.54) is 12.1 Å². The highest BCUT2D eigenvalue weighted by Crippen LogP contribution is 2.26. The Hall–Kier alpha value is -1.14. The largest absolute Gasteiger partial charge is 0.493 e. The average Bonchev–Trinajstić information content (AvgIpc) is 2.48. The quantitative estimate of drug-likeness (QED) is 0.878. The van der Waals surface area contributed by atoms with E-state index in [4.69, 9.17) is 4.74 Å². The Morgan fingerprint density at radius 2 is 1.90 bits per heavy atom. The van der Waals surface area contributed by atoms with E-state index in [1.807, 2.05) is 0 Å². The SMILES string of the molecule is CCS(=O)(=O)N[C@H]1CCCC[C@@H]1COc1ccc(F)cc1. The van der Waals surface area contributed by atoms with Gasteiger partial charge in [0.05, 0.1) is 12.4 Å². The summed E-state index contributed by atoms with van der Waals surface area (Å²) in [6, 6.07) is 5.82. The van der Waals surface area contributed by atoms with Gasteiger partial charge in [0.1, 0.15) is 11.6 Å².